The summed E-state index contributed by atoms with van der Waals surface area (Å²) in [5.74, 6) is 3.42. The summed E-state index contributed by atoms with van der Waals surface area (Å²) in [6.07, 6.45) is 0. The lowest BCUT2D eigenvalue weighted by Crippen LogP contribution is -2.34. The highest BCUT2D eigenvalue weighted by Crippen LogP contribution is 2.55. The first-order valence-electron chi connectivity index (χ1n) is 17.1. The van der Waals surface area contributed by atoms with Crippen LogP contribution in [0.25, 0.3) is 56.7 Å². The quantitative estimate of drug-likeness (QED) is 0.177. The van der Waals surface area contributed by atoms with Crippen LogP contribution in [0.5, 0.6) is 0 Å². The predicted octanol–water partition coefficient (Wildman–Crippen LogP) is 9.70. The molecule has 6 nitrogen and oxygen atoms in total. The molecule has 2 heterocycles. The van der Waals surface area contributed by atoms with Gasteiger partial charge in [-0.05, 0) is 36.1 Å². The molecule has 51 heavy (non-hydrogen) atoms. The van der Waals surface area contributed by atoms with E-state index < -0.39 is 5.41 Å². The van der Waals surface area contributed by atoms with E-state index in [0.717, 1.165) is 55.6 Å². The lowest BCUT2D eigenvalue weighted by molar-refractivity contribution is 0.638. The van der Waals surface area contributed by atoms with Gasteiger partial charge in [-0.25, -0.2) is 29.9 Å². The van der Waals surface area contributed by atoms with Gasteiger partial charge in [-0.1, -0.05) is 169 Å². The monoisotopic (exact) mass is 656 g/mol. The molecule has 0 saturated heterocycles. The van der Waals surface area contributed by atoms with E-state index in [1.54, 1.807) is 0 Å². The van der Waals surface area contributed by atoms with Crippen molar-refractivity contribution in [3.05, 3.63) is 192 Å². The fourth-order valence-electron chi connectivity index (χ4n) is 7.09. The van der Waals surface area contributed by atoms with Gasteiger partial charge in [0.25, 0.3) is 0 Å². The van der Waals surface area contributed by atoms with Crippen LogP contribution in [0, 0.1) is 13.8 Å². The first-order chi connectivity index (χ1) is 25.1. The van der Waals surface area contributed by atoms with Crippen LogP contribution in [0.15, 0.2) is 158 Å². The molecule has 0 bridgehead atoms. The molecule has 242 valence electrons. The van der Waals surface area contributed by atoms with Crippen LogP contribution in [0.2, 0.25) is 0 Å². The summed E-state index contributed by atoms with van der Waals surface area (Å²) in [5.41, 5.74) is 8.94. The van der Waals surface area contributed by atoms with Gasteiger partial charge >= 0.3 is 0 Å². The van der Waals surface area contributed by atoms with Crippen LogP contribution >= 0.6 is 0 Å². The Balaban J connectivity index is 1.46. The minimum atomic E-state index is -1.12. The van der Waals surface area contributed by atoms with E-state index in [0.29, 0.717) is 34.9 Å². The van der Waals surface area contributed by atoms with Crippen LogP contribution in [-0.2, 0) is 5.41 Å². The molecule has 9 rings (SSSR count). The summed E-state index contributed by atoms with van der Waals surface area (Å²) >= 11 is 0. The zero-order chi connectivity index (χ0) is 34.4. The average Bonchev–Trinajstić information content (AvgIpc) is 3.48. The Labute approximate surface area is 296 Å². The Morgan fingerprint density at radius 2 is 0.627 bits per heavy atom. The normalized spacial score (nSPS) is 12.7. The van der Waals surface area contributed by atoms with Gasteiger partial charge in [0.15, 0.2) is 34.9 Å². The third kappa shape index (κ3) is 5.20. The molecule has 0 amide bonds. The lowest BCUT2D eigenvalue weighted by atomic mass is 9.75. The summed E-state index contributed by atoms with van der Waals surface area (Å²) in [5, 5.41) is 0. The maximum atomic E-state index is 5.40. The summed E-state index contributed by atoms with van der Waals surface area (Å²) in [7, 11) is 0. The standard InChI is InChI=1S/C45H32N6/c1-29-23-25-35-36-26-24-30(2)28-38(36)45(37(35)27-29,43-48-39(31-15-7-3-8-16-31)46-40(49-43)32-17-9-4-10-18-32)44-50-41(33-19-11-5-12-20-33)47-42(51-44)34-21-13-6-14-22-34/h3-28H,1-2H3. The van der Waals surface area contributed by atoms with Crippen LogP contribution in [-0.4, -0.2) is 29.9 Å². The molecule has 0 N–H and O–H groups in total. The molecule has 0 radical (unpaired) electrons. The SMILES string of the molecule is Cc1ccc2c(c1)C(c1nc(-c3ccccc3)nc(-c3ccccc3)n1)(c1nc(-c3ccccc3)nc(-c3ccccc3)n1)c1cc(C)ccc1-2. The Kier molecular flexibility index (Phi) is 7.36. The van der Waals surface area contributed by atoms with Crippen molar-refractivity contribution < 1.29 is 0 Å². The van der Waals surface area contributed by atoms with E-state index in [2.05, 4.69) is 50.2 Å². The summed E-state index contributed by atoms with van der Waals surface area (Å²) in [6.45, 7) is 4.24. The highest BCUT2D eigenvalue weighted by atomic mass is 15.1. The third-order valence-corrected chi connectivity index (χ3v) is 9.52. The van der Waals surface area contributed by atoms with Crippen molar-refractivity contribution in [3.8, 4) is 56.7 Å². The van der Waals surface area contributed by atoms with Gasteiger partial charge in [-0.3, -0.25) is 0 Å². The lowest BCUT2D eigenvalue weighted by Gasteiger charge is -2.30. The molecule has 0 unspecified atom stereocenters. The number of aryl methyl sites for hydroxylation is 2. The topological polar surface area (TPSA) is 77.3 Å². The molecule has 0 saturated carbocycles. The molecular formula is C45H32N6. The van der Waals surface area contributed by atoms with E-state index in [-0.39, 0.29) is 0 Å². The van der Waals surface area contributed by atoms with Crippen molar-refractivity contribution in [1.82, 2.24) is 29.9 Å². The van der Waals surface area contributed by atoms with E-state index in [1.165, 1.54) is 0 Å². The molecule has 0 spiro atoms. The maximum absolute atomic E-state index is 5.40. The van der Waals surface area contributed by atoms with Crippen molar-refractivity contribution in [2.75, 3.05) is 0 Å². The highest BCUT2D eigenvalue weighted by Gasteiger charge is 2.52. The van der Waals surface area contributed by atoms with Crippen LogP contribution < -0.4 is 0 Å². The number of aromatic nitrogens is 6. The van der Waals surface area contributed by atoms with Gasteiger partial charge in [-0.15, -0.1) is 0 Å². The molecule has 1 aliphatic carbocycles. The number of nitrogens with zero attached hydrogens (tertiary/aromatic N) is 6. The van der Waals surface area contributed by atoms with Crippen molar-refractivity contribution in [2.45, 2.75) is 19.3 Å². The highest BCUT2D eigenvalue weighted by molar-refractivity contribution is 5.86. The van der Waals surface area contributed by atoms with Crippen molar-refractivity contribution in [1.29, 1.82) is 0 Å². The zero-order valence-corrected chi connectivity index (χ0v) is 28.2. The van der Waals surface area contributed by atoms with Gasteiger partial charge in [-0.2, -0.15) is 0 Å². The average molecular weight is 657 g/mol. The molecular weight excluding hydrogens is 625 g/mol. The first kappa shape index (κ1) is 30.4. The summed E-state index contributed by atoms with van der Waals surface area (Å²) in [6, 6.07) is 53.6. The second-order valence-electron chi connectivity index (χ2n) is 12.9. The smallest absolute Gasteiger partial charge is 0.163 e. The number of benzene rings is 6. The van der Waals surface area contributed by atoms with E-state index in [9.17, 15) is 0 Å². The molecule has 0 atom stereocenters. The predicted molar refractivity (Wildman–Crippen MR) is 202 cm³/mol. The largest absolute Gasteiger partial charge is 0.211 e. The van der Waals surface area contributed by atoms with Crippen LogP contribution in [0.3, 0.4) is 0 Å². The fraction of sp³-hybridized carbons (Fsp3) is 0.0667. The first-order valence-corrected chi connectivity index (χ1v) is 17.1. The second-order valence-corrected chi connectivity index (χ2v) is 12.9. The van der Waals surface area contributed by atoms with E-state index >= 15 is 0 Å². The Hall–Kier alpha value is -6.66. The van der Waals surface area contributed by atoms with Crippen molar-refractivity contribution >= 4 is 0 Å². The molecule has 8 aromatic rings. The third-order valence-electron chi connectivity index (χ3n) is 9.52. The Morgan fingerprint density at radius 1 is 0.333 bits per heavy atom. The van der Waals surface area contributed by atoms with E-state index in [4.69, 9.17) is 29.9 Å². The summed E-state index contributed by atoms with van der Waals surface area (Å²) < 4.78 is 0. The number of hydrogen-bond acceptors (Lipinski definition) is 6. The minimum Gasteiger partial charge on any atom is -0.211 e. The molecule has 0 aliphatic heterocycles. The summed E-state index contributed by atoms with van der Waals surface area (Å²) in [4.78, 5) is 31.7. The van der Waals surface area contributed by atoms with Crippen molar-refractivity contribution in [2.24, 2.45) is 0 Å². The van der Waals surface area contributed by atoms with Gasteiger partial charge < -0.3 is 0 Å². The second kappa shape index (κ2) is 12.3. The van der Waals surface area contributed by atoms with E-state index in [1.807, 2.05) is 121 Å². The van der Waals surface area contributed by atoms with Gasteiger partial charge in [0.05, 0.1) is 0 Å². The fourth-order valence-corrected chi connectivity index (χ4v) is 7.09. The molecule has 6 heteroatoms. The van der Waals surface area contributed by atoms with Gasteiger partial charge in [0.1, 0.15) is 5.41 Å². The number of fused-ring (bicyclic) bond motifs is 3. The zero-order valence-electron chi connectivity index (χ0n) is 28.2. The molecule has 1 aliphatic rings. The Bertz CT molecular complexity index is 2240. The molecule has 0 fully saturated rings. The minimum absolute atomic E-state index is 0.552. The number of rotatable bonds is 6. The van der Waals surface area contributed by atoms with Gasteiger partial charge in [0.2, 0.25) is 0 Å². The maximum Gasteiger partial charge on any atom is 0.163 e. The van der Waals surface area contributed by atoms with Gasteiger partial charge in [0, 0.05) is 22.3 Å². The Morgan fingerprint density at radius 3 is 0.922 bits per heavy atom. The van der Waals surface area contributed by atoms with Crippen molar-refractivity contribution in [3.63, 3.8) is 0 Å². The molecule has 2 aromatic heterocycles. The van der Waals surface area contributed by atoms with Crippen LogP contribution in [0.4, 0.5) is 0 Å². The van der Waals surface area contributed by atoms with Crippen LogP contribution in [0.1, 0.15) is 33.9 Å². The molecule has 6 aromatic carbocycles. The number of hydrogen-bond donors (Lipinski definition) is 0.